The highest BCUT2D eigenvalue weighted by Crippen LogP contribution is 2.31. The molecule has 1 saturated heterocycles. The summed E-state index contributed by atoms with van der Waals surface area (Å²) >= 11 is 0. The molecular formula is C44H50N6O7. The van der Waals surface area contributed by atoms with Crippen molar-refractivity contribution in [2.24, 2.45) is 0 Å². The van der Waals surface area contributed by atoms with E-state index in [1.165, 1.54) is 16.9 Å². The van der Waals surface area contributed by atoms with E-state index in [-0.39, 0.29) is 30.2 Å². The quantitative estimate of drug-likeness (QED) is 0.0972. The number of benzene rings is 4. The summed E-state index contributed by atoms with van der Waals surface area (Å²) in [5.41, 5.74) is 3.05. The third-order valence-corrected chi connectivity index (χ3v) is 10.3. The van der Waals surface area contributed by atoms with Crippen molar-refractivity contribution in [3.63, 3.8) is 0 Å². The Hall–Kier alpha value is -6.21. The molecule has 0 spiro atoms. The molecule has 2 N–H and O–H groups in total. The number of piperazine rings is 1. The lowest BCUT2D eigenvalue weighted by atomic mass is 10.1. The molecule has 13 heteroatoms. The van der Waals surface area contributed by atoms with Gasteiger partial charge >= 0.3 is 0 Å². The highest BCUT2D eigenvalue weighted by Gasteiger charge is 2.34. The van der Waals surface area contributed by atoms with Crippen molar-refractivity contribution >= 4 is 46.6 Å². The van der Waals surface area contributed by atoms with Gasteiger partial charge in [-0.15, -0.1) is 0 Å². The fourth-order valence-electron chi connectivity index (χ4n) is 6.95. The normalized spacial score (nSPS) is 13.9. The van der Waals surface area contributed by atoms with Gasteiger partial charge in [-0.1, -0.05) is 36.4 Å². The van der Waals surface area contributed by atoms with E-state index in [9.17, 15) is 24.0 Å². The fourth-order valence-corrected chi connectivity index (χ4v) is 6.95. The largest absolute Gasteiger partial charge is 0.495 e. The molecule has 1 fully saturated rings. The standard InChI is InChI=1S/C44H50N6O7/c1-47-25-27-49(28-26-47)40(51)20-5-4-12-29-57-38-19-11-10-18-37(38)48(2)42(53)34-16-8-9-17-35(34)46-41(52)31-21-22-36(39(30-31)56-3)45-23-13-24-50-43(54)32-14-6-7-15-33(32)44(50)55/h6-11,14-19,21-22,30,45H,4-5,12-13,20,23-29H2,1-3H3,(H,46,52). The number of methoxy groups -OCH3 is 1. The van der Waals surface area contributed by atoms with Crippen molar-refractivity contribution in [1.82, 2.24) is 14.7 Å². The third-order valence-electron chi connectivity index (χ3n) is 10.3. The van der Waals surface area contributed by atoms with Gasteiger partial charge in [0, 0.05) is 58.3 Å². The van der Waals surface area contributed by atoms with Crippen LogP contribution in [-0.4, -0.2) is 111 Å². The number of hydrogen-bond acceptors (Lipinski definition) is 9. The molecule has 5 amide bonds. The Morgan fingerprint density at radius 3 is 2.18 bits per heavy atom. The molecule has 2 aliphatic rings. The van der Waals surface area contributed by atoms with Crippen molar-refractivity contribution in [3.05, 3.63) is 113 Å². The van der Waals surface area contributed by atoms with Crippen LogP contribution >= 0.6 is 0 Å². The van der Waals surface area contributed by atoms with E-state index in [0.29, 0.717) is 76.8 Å². The molecular weight excluding hydrogens is 725 g/mol. The lowest BCUT2D eigenvalue weighted by Crippen LogP contribution is -2.47. The van der Waals surface area contributed by atoms with Gasteiger partial charge in [-0.2, -0.15) is 0 Å². The summed E-state index contributed by atoms with van der Waals surface area (Å²) in [6.45, 7) is 4.55. The highest BCUT2D eigenvalue weighted by atomic mass is 16.5. The van der Waals surface area contributed by atoms with Gasteiger partial charge in [-0.05, 0) is 87.3 Å². The monoisotopic (exact) mass is 774 g/mol. The van der Waals surface area contributed by atoms with Crippen molar-refractivity contribution < 1.29 is 33.4 Å². The number of ether oxygens (including phenoxy) is 2. The number of carbonyl (C=O) groups is 5. The number of fused-ring (bicyclic) bond motifs is 1. The van der Waals surface area contributed by atoms with Crippen LogP contribution in [0.2, 0.25) is 0 Å². The summed E-state index contributed by atoms with van der Waals surface area (Å²) in [5, 5.41) is 6.16. The van der Waals surface area contributed by atoms with Gasteiger partial charge in [-0.3, -0.25) is 28.9 Å². The summed E-state index contributed by atoms with van der Waals surface area (Å²) < 4.78 is 11.7. The number of unbranched alkanes of at least 4 members (excludes halogenated alkanes) is 2. The van der Waals surface area contributed by atoms with Gasteiger partial charge in [0.1, 0.15) is 11.5 Å². The van der Waals surface area contributed by atoms with Crippen molar-refractivity contribution in [3.8, 4) is 11.5 Å². The van der Waals surface area contributed by atoms with E-state index in [4.69, 9.17) is 9.47 Å². The summed E-state index contributed by atoms with van der Waals surface area (Å²) in [6.07, 6.45) is 3.48. The number of hydrogen-bond donors (Lipinski definition) is 2. The predicted molar refractivity (Wildman–Crippen MR) is 220 cm³/mol. The first-order valence-electron chi connectivity index (χ1n) is 19.4. The number of imide groups is 1. The number of amides is 5. The first kappa shape index (κ1) is 40.5. The zero-order valence-corrected chi connectivity index (χ0v) is 32.8. The van der Waals surface area contributed by atoms with Crippen molar-refractivity contribution in [2.75, 3.05) is 82.6 Å². The fraction of sp³-hybridized carbons (Fsp3) is 0.341. The molecule has 0 aliphatic carbocycles. The van der Waals surface area contributed by atoms with Gasteiger partial charge in [0.05, 0.1) is 47.5 Å². The van der Waals surface area contributed by atoms with E-state index in [1.807, 2.05) is 29.2 Å². The molecule has 6 rings (SSSR count). The lowest BCUT2D eigenvalue weighted by molar-refractivity contribution is -0.132. The summed E-state index contributed by atoms with van der Waals surface area (Å²) in [7, 11) is 5.25. The van der Waals surface area contributed by atoms with Crippen LogP contribution < -0.4 is 25.0 Å². The average molecular weight is 775 g/mol. The molecule has 2 heterocycles. The topological polar surface area (TPSA) is 141 Å². The Kier molecular flexibility index (Phi) is 13.5. The number of rotatable bonds is 17. The number of likely N-dealkylation sites (N-methyl/N-ethyl adjacent to an activating group) is 1. The number of anilines is 3. The second-order valence-corrected chi connectivity index (χ2v) is 14.2. The minimum atomic E-state index is -0.428. The van der Waals surface area contributed by atoms with Gasteiger partial charge in [0.25, 0.3) is 23.6 Å². The van der Waals surface area contributed by atoms with Gasteiger partial charge in [0.2, 0.25) is 5.91 Å². The maximum absolute atomic E-state index is 13.9. The Bertz CT molecular complexity index is 2060. The highest BCUT2D eigenvalue weighted by molar-refractivity contribution is 6.21. The van der Waals surface area contributed by atoms with Crippen LogP contribution in [0.5, 0.6) is 11.5 Å². The van der Waals surface area contributed by atoms with Crippen molar-refractivity contribution in [2.45, 2.75) is 32.1 Å². The van der Waals surface area contributed by atoms with Crippen molar-refractivity contribution in [1.29, 1.82) is 0 Å². The van der Waals surface area contributed by atoms with Crippen LogP contribution in [0.15, 0.2) is 91.0 Å². The molecule has 2 aliphatic heterocycles. The van der Waals surface area contributed by atoms with E-state index in [1.54, 1.807) is 73.8 Å². The smallest absolute Gasteiger partial charge is 0.261 e. The summed E-state index contributed by atoms with van der Waals surface area (Å²) in [5.74, 6) is -0.130. The van der Waals surface area contributed by atoms with Crippen LogP contribution in [0.3, 0.4) is 0 Å². The van der Waals surface area contributed by atoms with Gasteiger partial charge < -0.3 is 34.8 Å². The third kappa shape index (κ3) is 9.79. The minimum absolute atomic E-state index is 0.213. The Morgan fingerprint density at radius 2 is 1.44 bits per heavy atom. The lowest BCUT2D eigenvalue weighted by Gasteiger charge is -2.32. The second kappa shape index (κ2) is 19.1. The van der Waals surface area contributed by atoms with Gasteiger partial charge in [0.15, 0.2) is 0 Å². The number of nitrogens with zero attached hydrogens (tertiary/aromatic N) is 4. The molecule has 0 aromatic heterocycles. The number of nitrogens with one attached hydrogen (secondary N) is 2. The molecule has 298 valence electrons. The summed E-state index contributed by atoms with van der Waals surface area (Å²) in [4.78, 5) is 72.3. The van der Waals surface area contributed by atoms with Gasteiger partial charge in [-0.25, -0.2) is 0 Å². The average Bonchev–Trinajstić information content (AvgIpc) is 3.48. The maximum Gasteiger partial charge on any atom is 0.261 e. The van der Waals surface area contributed by atoms with E-state index < -0.39 is 5.91 Å². The first-order valence-corrected chi connectivity index (χ1v) is 19.4. The minimum Gasteiger partial charge on any atom is -0.495 e. The Labute approximate surface area is 333 Å². The zero-order valence-electron chi connectivity index (χ0n) is 32.8. The van der Waals surface area contributed by atoms with Crippen LogP contribution in [0.1, 0.15) is 73.5 Å². The molecule has 4 aromatic rings. The molecule has 13 nitrogen and oxygen atoms in total. The van der Waals surface area contributed by atoms with E-state index >= 15 is 0 Å². The molecule has 0 atom stereocenters. The second-order valence-electron chi connectivity index (χ2n) is 14.2. The van der Waals surface area contributed by atoms with Crippen LogP contribution in [0, 0.1) is 0 Å². The summed E-state index contributed by atoms with van der Waals surface area (Å²) in [6, 6.07) is 26.0. The number of carbonyl (C=O) groups excluding carboxylic acids is 5. The zero-order chi connectivity index (χ0) is 40.3. The Morgan fingerprint density at radius 1 is 0.754 bits per heavy atom. The van der Waals surface area contributed by atoms with Crippen LogP contribution in [0.4, 0.5) is 17.1 Å². The van der Waals surface area contributed by atoms with E-state index in [0.717, 1.165) is 45.4 Å². The maximum atomic E-state index is 13.9. The molecule has 0 bridgehead atoms. The molecule has 0 radical (unpaired) electrons. The Balaban J connectivity index is 1.00. The predicted octanol–water partition coefficient (Wildman–Crippen LogP) is 6.04. The van der Waals surface area contributed by atoms with Crippen LogP contribution in [0.25, 0.3) is 0 Å². The molecule has 0 saturated carbocycles. The van der Waals surface area contributed by atoms with Crippen LogP contribution in [-0.2, 0) is 4.79 Å². The first-order chi connectivity index (χ1) is 27.7. The molecule has 4 aromatic carbocycles. The SMILES string of the molecule is COc1cc(C(=O)Nc2ccccc2C(=O)N(C)c2ccccc2OCCCCCC(=O)N2CCN(C)CC2)ccc1NCCCN1C(=O)c2ccccc2C1=O. The number of para-hydroxylation sites is 3. The molecule has 0 unspecified atom stereocenters. The molecule has 57 heavy (non-hydrogen) atoms. The van der Waals surface area contributed by atoms with E-state index in [2.05, 4.69) is 22.6 Å².